The third kappa shape index (κ3) is 2.75. The first-order chi connectivity index (χ1) is 10.4. The van der Waals surface area contributed by atoms with E-state index in [4.69, 9.17) is 9.47 Å². The van der Waals surface area contributed by atoms with Crippen molar-refractivity contribution in [3.8, 4) is 11.5 Å². The number of hydrogen-bond acceptors (Lipinski definition) is 3. The number of hydrogen-bond donors (Lipinski definition) is 0. The summed E-state index contributed by atoms with van der Waals surface area (Å²) in [4.78, 5) is 0. The van der Waals surface area contributed by atoms with Crippen LogP contribution in [-0.2, 0) is 12.8 Å². The fourth-order valence-electron chi connectivity index (χ4n) is 3.02. The van der Waals surface area contributed by atoms with Gasteiger partial charge in [0.05, 0.1) is 0 Å². The highest BCUT2D eigenvalue weighted by atomic mass is 32.2. The Hall–Kier alpha value is -1.61. The summed E-state index contributed by atoms with van der Waals surface area (Å²) in [6, 6.07) is 16.7. The molecule has 2 aromatic rings. The van der Waals surface area contributed by atoms with Crippen molar-refractivity contribution in [2.24, 2.45) is 0 Å². The molecule has 108 valence electrons. The molecule has 2 aliphatic heterocycles. The van der Waals surface area contributed by atoms with Crippen molar-refractivity contribution < 1.29 is 9.47 Å². The summed E-state index contributed by atoms with van der Waals surface area (Å²) in [5.41, 5.74) is 2.68. The van der Waals surface area contributed by atoms with Crippen molar-refractivity contribution in [1.82, 2.24) is 0 Å². The van der Waals surface area contributed by atoms with E-state index < -0.39 is 0 Å². The molecule has 2 nitrogen and oxygen atoms in total. The predicted molar refractivity (Wildman–Crippen MR) is 86.4 cm³/mol. The maximum atomic E-state index is 5.97. The van der Waals surface area contributed by atoms with Crippen molar-refractivity contribution in [2.75, 3.05) is 11.5 Å². The summed E-state index contributed by atoms with van der Waals surface area (Å²) in [5, 5.41) is 0. The molecule has 0 amide bonds. The highest BCUT2D eigenvalue weighted by Crippen LogP contribution is 2.32. The molecule has 0 bridgehead atoms. The lowest BCUT2D eigenvalue weighted by Crippen LogP contribution is -2.20. The van der Waals surface area contributed by atoms with Gasteiger partial charge in [-0.05, 0) is 23.3 Å². The average molecular weight is 298 g/mol. The van der Waals surface area contributed by atoms with E-state index >= 15 is 0 Å². The SMILES string of the molecule is c1ccc2c(c1)CC(CSCC1Cc3ccccc3O1)O2. The van der Waals surface area contributed by atoms with Crippen molar-refractivity contribution >= 4 is 11.8 Å². The van der Waals surface area contributed by atoms with Crippen LogP contribution < -0.4 is 9.47 Å². The molecule has 0 radical (unpaired) electrons. The number of thioether (sulfide) groups is 1. The lowest BCUT2D eigenvalue weighted by molar-refractivity contribution is 0.254. The zero-order valence-corrected chi connectivity index (χ0v) is 12.6. The van der Waals surface area contributed by atoms with Gasteiger partial charge in [0.25, 0.3) is 0 Å². The molecule has 0 saturated heterocycles. The fourth-order valence-corrected chi connectivity index (χ4v) is 4.06. The Morgan fingerprint density at radius 1 is 0.762 bits per heavy atom. The molecule has 21 heavy (non-hydrogen) atoms. The molecule has 2 aromatic carbocycles. The van der Waals surface area contributed by atoms with Crippen LogP contribution in [0.5, 0.6) is 11.5 Å². The number of para-hydroxylation sites is 2. The number of fused-ring (bicyclic) bond motifs is 2. The van der Waals surface area contributed by atoms with Gasteiger partial charge >= 0.3 is 0 Å². The first-order valence-electron chi connectivity index (χ1n) is 7.45. The van der Waals surface area contributed by atoms with Gasteiger partial charge in [0.2, 0.25) is 0 Å². The van der Waals surface area contributed by atoms with E-state index in [1.807, 2.05) is 23.9 Å². The maximum Gasteiger partial charge on any atom is 0.123 e. The van der Waals surface area contributed by atoms with E-state index in [0.717, 1.165) is 35.8 Å². The van der Waals surface area contributed by atoms with Gasteiger partial charge < -0.3 is 9.47 Å². The Morgan fingerprint density at radius 2 is 1.24 bits per heavy atom. The van der Waals surface area contributed by atoms with Gasteiger partial charge in [0.1, 0.15) is 23.7 Å². The van der Waals surface area contributed by atoms with Crippen molar-refractivity contribution in [2.45, 2.75) is 25.0 Å². The van der Waals surface area contributed by atoms with E-state index in [2.05, 4.69) is 36.4 Å². The summed E-state index contributed by atoms with van der Waals surface area (Å²) in [6.45, 7) is 0. The highest BCUT2D eigenvalue weighted by Gasteiger charge is 2.25. The standard InChI is InChI=1S/C18H18O2S/c1-3-7-17-13(5-1)9-15(19-17)11-21-12-16-10-14-6-2-4-8-18(14)20-16/h1-8,15-16H,9-12H2. The third-order valence-corrected chi connectivity index (χ3v) is 5.25. The second kappa shape index (κ2) is 5.64. The molecular weight excluding hydrogens is 280 g/mol. The molecule has 0 spiro atoms. The van der Waals surface area contributed by atoms with E-state index in [9.17, 15) is 0 Å². The molecule has 0 aromatic heterocycles. The Bertz CT molecular complexity index is 535. The minimum Gasteiger partial charge on any atom is -0.489 e. The van der Waals surface area contributed by atoms with Crippen LogP contribution in [0.4, 0.5) is 0 Å². The molecular formula is C18H18O2S. The molecule has 2 aliphatic rings. The zero-order valence-electron chi connectivity index (χ0n) is 11.8. The molecule has 2 heterocycles. The lowest BCUT2D eigenvalue weighted by Gasteiger charge is -2.13. The van der Waals surface area contributed by atoms with Crippen LogP contribution >= 0.6 is 11.8 Å². The fraction of sp³-hybridized carbons (Fsp3) is 0.333. The molecule has 3 heteroatoms. The Balaban J connectivity index is 1.25. The second-order valence-corrected chi connectivity index (χ2v) is 6.72. The van der Waals surface area contributed by atoms with Gasteiger partial charge in [0, 0.05) is 24.3 Å². The molecule has 0 aliphatic carbocycles. The molecule has 2 atom stereocenters. The molecule has 0 fully saturated rings. The molecule has 2 unspecified atom stereocenters. The molecule has 4 rings (SSSR count). The Labute approximate surface area is 129 Å². The molecule has 0 saturated carbocycles. The smallest absolute Gasteiger partial charge is 0.123 e. The second-order valence-electron chi connectivity index (χ2n) is 5.64. The monoisotopic (exact) mass is 298 g/mol. The summed E-state index contributed by atoms with van der Waals surface area (Å²) in [7, 11) is 0. The van der Waals surface area contributed by atoms with Crippen LogP contribution in [0.25, 0.3) is 0 Å². The normalized spacial score (nSPS) is 22.3. The summed E-state index contributed by atoms with van der Waals surface area (Å²) < 4.78 is 11.9. The first-order valence-corrected chi connectivity index (χ1v) is 8.61. The summed E-state index contributed by atoms with van der Waals surface area (Å²) in [5.74, 6) is 4.19. The van der Waals surface area contributed by atoms with Crippen molar-refractivity contribution in [3.05, 3.63) is 59.7 Å². The predicted octanol–water partition coefficient (Wildman–Crippen LogP) is 3.73. The van der Waals surface area contributed by atoms with Crippen molar-refractivity contribution in [1.29, 1.82) is 0 Å². The lowest BCUT2D eigenvalue weighted by atomic mass is 10.1. The minimum atomic E-state index is 0.316. The summed E-state index contributed by atoms with van der Waals surface area (Å²) >= 11 is 1.94. The van der Waals surface area contributed by atoms with Crippen LogP contribution in [0.1, 0.15) is 11.1 Å². The van der Waals surface area contributed by atoms with Gasteiger partial charge in [-0.1, -0.05) is 36.4 Å². The van der Waals surface area contributed by atoms with E-state index in [1.54, 1.807) is 0 Å². The van der Waals surface area contributed by atoms with Gasteiger partial charge in [-0.15, -0.1) is 0 Å². The number of ether oxygens (including phenoxy) is 2. The summed E-state index contributed by atoms with van der Waals surface area (Å²) in [6.07, 6.45) is 2.71. The molecule has 0 N–H and O–H groups in total. The van der Waals surface area contributed by atoms with Crippen molar-refractivity contribution in [3.63, 3.8) is 0 Å². The van der Waals surface area contributed by atoms with Crippen LogP contribution in [0.2, 0.25) is 0 Å². The van der Waals surface area contributed by atoms with Gasteiger partial charge in [-0.2, -0.15) is 11.8 Å². The van der Waals surface area contributed by atoms with Crippen LogP contribution in [0.3, 0.4) is 0 Å². The quantitative estimate of drug-likeness (QED) is 0.857. The topological polar surface area (TPSA) is 18.5 Å². The van der Waals surface area contributed by atoms with E-state index in [1.165, 1.54) is 11.1 Å². The van der Waals surface area contributed by atoms with Crippen LogP contribution in [-0.4, -0.2) is 23.7 Å². The Morgan fingerprint density at radius 3 is 1.71 bits per heavy atom. The zero-order chi connectivity index (χ0) is 14.1. The van der Waals surface area contributed by atoms with Crippen LogP contribution in [0.15, 0.2) is 48.5 Å². The first kappa shape index (κ1) is 13.1. The largest absolute Gasteiger partial charge is 0.489 e. The highest BCUT2D eigenvalue weighted by molar-refractivity contribution is 7.99. The minimum absolute atomic E-state index is 0.316. The average Bonchev–Trinajstić information content (AvgIpc) is 3.09. The van der Waals surface area contributed by atoms with Gasteiger partial charge in [0.15, 0.2) is 0 Å². The number of rotatable bonds is 4. The maximum absolute atomic E-state index is 5.97. The van der Waals surface area contributed by atoms with E-state index in [0.29, 0.717) is 12.2 Å². The van der Waals surface area contributed by atoms with Gasteiger partial charge in [-0.25, -0.2) is 0 Å². The Kier molecular flexibility index (Phi) is 3.52. The third-order valence-electron chi connectivity index (χ3n) is 4.04. The number of benzene rings is 2. The van der Waals surface area contributed by atoms with Crippen LogP contribution in [0, 0.1) is 0 Å². The van der Waals surface area contributed by atoms with Gasteiger partial charge in [-0.3, -0.25) is 0 Å². The van der Waals surface area contributed by atoms with E-state index in [-0.39, 0.29) is 0 Å².